The van der Waals surface area contributed by atoms with Gasteiger partial charge in [-0.1, -0.05) is 35.7 Å². The van der Waals surface area contributed by atoms with Gasteiger partial charge >= 0.3 is 0 Å². The summed E-state index contributed by atoms with van der Waals surface area (Å²) in [6, 6.07) is 17.9. The smallest absolute Gasteiger partial charge is 0.136 e. The van der Waals surface area contributed by atoms with Crippen LogP contribution in [0.5, 0.6) is 5.75 Å². The normalized spacial score (nSPS) is 11.5. The Kier molecular flexibility index (Phi) is 4.87. The number of nitrogens with zero attached hydrogens (tertiary/aromatic N) is 2. The lowest BCUT2D eigenvalue weighted by atomic mass is 10.1. The zero-order chi connectivity index (χ0) is 17.8. The topological polar surface area (TPSA) is 47.3 Å². The zero-order valence-corrected chi connectivity index (χ0v) is 14.5. The van der Waals surface area contributed by atoms with Gasteiger partial charge in [0.05, 0.1) is 18.5 Å². The third-order valence-electron chi connectivity index (χ3n) is 3.78. The minimum absolute atomic E-state index is 0.618. The van der Waals surface area contributed by atoms with Crippen molar-refractivity contribution in [2.75, 3.05) is 7.11 Å². The van der Waals surface area contributed by atoms with E-state index in [1.165, 1.54) is 5.56 Å². The van der Waals surface area contributed by atoms with Crippen molar-refractivity contribution in [3.8, 4) is 34.5 Å². The first-order valence-corrected chi connectivity index (χ1v) is 8.08. The SMILES string of the molecule is COc1ccc(-n2nc(C#CC(C)O)cc2-c2ccc(C)cc2)cc1. The van der Waals surface area contributed by atoms with Gasteiger partial charge in [0.1, 0.15) is 17.5 Å². The summed E-state index contributed by atoms with van der Waals surface area (Å²) in [5.74, 6) is 6.46. The number of methoxy groups -OCH3 is 1. The fraction of sp³-hybridized carbons (Fsp3) is 0.190. The van der Waals surface area contributed by atoms with Crippen molar-refractivity contribution in [1.29, 1.82) is 0 Å². The summed E-state index contributed by atoms with van der Waals surface area (Å²) in [5, 5.41) is 14.0. The average Bonchev–Trinajstić information content (AvgIpc) is 3.05. The van der Waals surface area contributed by atoms with Crippen LogP contribution < -0.4 is 4.74 Å². The van der Waals surface area contributed by atoms with E-state index in [0.717, 1.165) is 22.7 Å². The van der Waals surface area contributed by atoms with E-state index < -0.39 is 6.10 Å². The molecule has 4 heteroatoms. The molecule has 1 heterocycles. The second-order valence-corrected chi connectivity index (χ2v) is 5.84. The Hall–Kier alpha value is -3.03. The molecular weight excluding hydrogens is 312 g/mol. The lowest BCUT2D eigenvalue weighted by Gasteiger charge is -2.08. The highest BCUT2D eigenvalue weighted by Gasteiger charge is 2.11. The predicted octanol–water partition coefficient (Wildman–Crippen LogP) is 3.59. The molecule has 1 unspecified atom stereocenters. The first-order chi connectivity index (χ1) is 12.1. The van der Waals surface area contributed by atoms with Gasteiger partial charge in [-0.05, 0) is 44.0 Å². The Bertz CT molecular complexity index is 911. The maximum absolute atomic E-state index is 9.39. The van der Waals surface area contributed by atoms with Gasteiger partial charge in [-0.2, -0.15) is 5.10 Å². The van der Waals surface area contributed by atoms with Gasteiger partial charge in [-0.25, -0.2) is 4.68 Å². The number of aromatic nitrogens is 2. The molecule has 4 nitrogen and oxygen atoms in total. The highest BCUT2D eigenvalue weighted by molar-refractivity contribution is 5.64. The second kappa shape index (κ2) is 7.25. The molecular formula is C21H20N2O2. The Morgan fingerprint density at radius 1 is 1.08 bits per heavy atom. The minimum Gasteiger partial charge on any atom is -0.497 e. The standard InChI is InChI=1S/C21H20N2O2/c1-15-4-7-17(8-5-15)21-14-18(9-6-16(2)24)22-23(21)19-10-12-20(25-3)13-11-19/h4-5,7-8,10-14,16,24H,1-3H3. The second-order valence-electron chi connectivity index (χ2n) is 5.84. The fourth-order valence-electron chi connectivity index (χ4n) is 2.47. The maximum atomic E-state index is 9.39. The summed E-state index contributed by atoms with van der Waals surface area (Å²) >= 11 is 0. The molecule has 3 rings (SSSR count). The van der Waals surface area contributed by atoms with Crippen molar-refractivity contribution in [2.45, 2.75) is 20.0 Å². The summed E-state index contributed by atoms with van der Waals surface area (Å²) in [6.07, 6.45) is -0.686. The van der Waals surface area contributed by atoms with Gasteiger partial charge < -0.3 is 9.84 Å². The van der Waals surface area contributed by atoms with E-state index in [0.29, 0.717) is 5.69 Å². The van der Waals surface area contributed by atoms with E-state index in [1.54, 1.807) is 14.0 Å². The van der Waals surface area contributed by atoms with Crippen molar-refractivity contribution in [1.82, 2.24) is 9.78 Å². The number of ether oxygens (including phenoxy) is 1. The summed E-state index contributed by atoms with van der Waals surface area (Å²) in [4.78, 5) is 0. The number of hydrogen-bond acceptors (Lipinski definition) is 3. The van der Waals surface area contributed by atoms with Gasteiger partial charge in [-0.15, -0.1) is 0 Å². The number of hydrogen-bond donors (Lipinski definition) is 1. The predicted molar refractivity (Wildman–Crippen MR) is 98.8 cm³/mol. The van der Waals surface area contributed by atoms with Crippen LogP contribution in [0.1, 0.15) is 18.2 Å². The molecule has 1 aromatic heterocycles. The third kappa shape index (κ3) is 3.90. The van der Waals surface area contributed by atoms with E-state index in [2.05, 4.69) is 48.1 Å². The Labute approximate surface area is 147 Å². The number of aliphatic hydroxyl groups excluding tert-OH is 1. The van der Waals surface area contributed by atoms with Crippen LogP contribution in [0.3, 0.4) is 0 Å². The van der Waals surface area contributed by atoms with E-state index in [-0.39, 0.29) is 0 Å². The van der Waals surface area contributed by atoms with Crippen LogP contribution in [0.25, 0.3) is 16.9 Å². The van der Waals surface area contributed by atoms with Crippen LogP contribution in [0.4, 0.5) is 0 Å². The molecule has 0 aliphatic carbocycles. The first-order valence-electron chi connectivity index (χ1n) is 8.08. The van der Waals surface area contributed by atoms with E-state index in [9.17, 15) is 5.11 Å². The van der Waals surface area contributed by atoms with Crippen LogP contribution >= 0.6 is 0 Å². The van der Waals surface area contributed by atoms with Gasteiger partial charge in [0.15, 0.2) is 0 Å². The molecule has 0 amide bonds. The molecule has 0 saturated heterocycles. The largest absolute Gasteiger partial charge is 0.497 e. The monoisotopic (exact) mass is 332 g/mol. The molecule has 3 aromatic rings. The quantitative estimate of drug-likeness (QED) is 0.746. The van der Waals surface area contributed by atoms with Crippen molar-refractivity contribution in [2.24, 2.45) is 0 Å². The lowest BCUT2D eigenvalue weighted by molar-refractivity contribution is 0.253. The summed E-state index contributed by atoms with van der Waals surface area (Å²) in [6.45, 7) is 3.69. The molecule has 0 radical (unpaired) electrons. The van der Waals surface area contributed by atoms with E-state index in [1.807, 2.05) is 35.0 Å². The van der Waals surface area contributed by atoms with E-state index >= 15 is 0 Å². The van der Waals surface area contributed by atoms with Crippen LogP contribution in [0, 0.1) is 18.8 Å². The van der Waals surface area contributed by atoms with Gasteiger partial charge in [0.25, 0.3) is 0 Å². The zero-order valence-electron chi connectivity index (χ0n) is 14.5. The Morgan fingerprint density at radius 2 is 1.76 bits per heavy atom. The van der Waals surface area contributed by atoms with Crippen molar-refractivity contribution in [3.05, 3.63) is 65.9 Å². The summed E-state index contributed by atoms with van der Waals surface area (Å²) < 4.78 is 7.08. The number of aryl methyl sites for hydroxylation is 1. The van der Waals surface area contributed by atoms with Crippen molar-refractivity contribution >= 4 is 0 Å². The molecule has 2 aromatic carbocycles. The molecule has 1 N–H and O–H groups in total. The highest BCUT2D eigenvalue weighted by atomic mass is 16.5. The van der Waals surface area contributed by atoms with Crippen LogP contribution in [-0.2, 0) is 0 Å². The molecule has 0 spiro atoms. The maximum Gasteiger partial charge on any atom is 0.136 e. The molecule has 1 atom stereocenters. The molecule has 0 saturated carbocycles. The van der Waals surface area contributed by atoms with Gasteiger partial charge in [-0.3, -0.25) is 0 Å². The van der Waals surface area contributed by atoms with Crippen molar-refractivity contribution < 1.29 is 9.84 Å². The fourth-order valence-corrected chi connectivity index (χ4v) is 2.47. The number of benzene rings is 2. The number of aliphatic hydroxyl groups is 1. The van der Waals surface area contributed by atoms with Gasteiger partial charge in [0.2, 0.25) is 0 Å². The molecule has 126 valence electrons. The summed E-state index contributed by atoms with van der Waals surface area (Å²) in [7, 11) is 1.64. The van der Waals surface area contributed by atoms with Gasteiger partial charge in [0, 0.05) is 11.6 Å². The third-order valence-corrected chi connectivity index (χ3v) is 3.78. The molecule has 0 aliphatic heterocycles. The highest BCUT2D eigenvalue weighted by Crippen LogP contribution is 2.25. The minimum atomic E-state index is -0.686. The molecule has 25 heavy (non-hydrogen) atoms. The molecule has 0 aliphatic rings. The van der Waals surface area contributed by atoms with Crippen LogP contribution in [0.2, 0.25) is 0 Å². The Morgan fingerprint density at radius 3 is 2.36 bits per heavy atom. The van der Waals surface area contributed by atoms with Crippen molar-refractivity contribution in [3.63, 3.8) is 0 Å². The van der Waals surface area contributed by atoms with Crippen LogP contribution in [0.15, 0.2) is 54.6 Å². The van der Waals surface area contributed by atoms with Crippen LogP contribution in [-0.4, -0.2) is 28.1 Å². The van der Waals surface area contributed by atoms with E-state index in [4.69, 9.17) is 4.74 Å². The Balaban J connectivity index is 2.10. The molecule has 0 bridgehead atoms. The molecule has 0 fully saturated rings. The first kappa shape index (κ1) is 16.8. The number of rotatable bonds is 3. The lowest BCUT2D eigenvalue weighted by Crippen LogP contribution is -1.99. The summed E-state index contributed by atoms with van der Waals surface area (Å²) in [5.41, 5.74) is 4.74. The average molecular weight is 332 g/mol.